The zero-order valence-corrected chi connectivity index (χ0v) is 15.6. The van der Waals surface area contributed by atoms with Gasteiger partial charge in [-0.15, -0.1) is 0 Å². The maximum Gasteiger partial charge on any atom is 0.0894 e. The first-order chi connectivity index (χ1) is 12.8. The first-order valence-electron chi connectivity index (χ1n) is 9.73. The second-order valence-electron chi connectivity index (χ2n) is 7.62. The average Bonchev–Trinajstić information content (AvgIpc) is 3.33. The highest BCUT2D eigenvalue weighted by Crippen LogP contribution is 2.29. The lowest BCUT2D eigenvalue weighted by Crippen LogP contribution is -2.29. The molecule has 1 aromatic heterocycles. The smallest absolute Gasteiger partial charge is 0.0894 e. The van der Waals surface area contributed by atoms with Crippen LogP contribution in [0.15, 0.2) is 30.5 Å². The molecule has 0 unspecified atom stereocenters. The molecule has 1 N–H and O–H groups in total. The molecule has 1 aromatic carbocycles. The Morgan fingerprint density at radius 1 is 1.00 bits per heavy atom. The molecule has 2 aliphatic heterocycles. The Hall–Kier alpha value is -1.76. The van der Waals surface area contributed by atoms with Gasteiger partial charge >= 0.3 is 0 Å². The molecular weight excluding hydrogens is 326 g/mol. The lowest BCUT2D eigenvalue weighted by molar-refractivity contribution is 0.0957. The van der Waals surface area contributed by atoms with Gasteiger partial charge in [0.15, 0.2) is 0 Å². The number of piperidine rings is 1. The van der Waals surface area contributed by atoms with Crippen LogP contribution in [0.3, 0.4) is 0 Å². The molecule has 2 atom stereocenters. The minimum atomic E-state index is 0.179. The minimum absolute atomic E-state index is 0.179. The number of hydrogen-bond donors (Lipinski definition) is 1. The molecule has 2 aliphatic rings. The molecule has 0 aliphatic carbocycles. The fourth-order valence-corrected chi connectivity index (χ4v) is 4.28. The van der Waals surface area contributed by atoms with Crippen molar-refractivity contribution in [1.82, 2.24) is 25.2 Å². The Balaban J connectivity index is 1.34. The highest BCUT2D eigenvalue weighted by atomic mass is 16.5. The molecule has 4 rings (SSSR count). The third-order valence-corrected chi connectivity index (χ3v) is 5.74. The van der Waals surface area contributed by atoms with Crippen molar-refractivity contribution in [1.29, 1.82) is 0 Å². The average molecular weight is 355 g/mol. The fraction of sp³-hybridized carbons (Fsp3) is 0.600. The van der Waals surface area contributed by atoms with Crippen molar-refractivity contribution in [3.05, 3.63) is 47.3 Å². The quantitative estimate of drug-likeness (QED) is 0.862. The lowest BCUT2D eigenvalue weighted by atomic mass is 10.0. The summed E-state index contributed by atoms with van der Waals surface area (Å²) in [4.78, 5) is 5.03. The van der Waals surface area contributed by atoms with Crippen LogP contribution >= 0.6 is 0 Å². The maximum atomic E-state index is 5.69. The summed E-state index contributed by atoms with van der Waals surface area (Å²) >= 11 is 0. The summed E-state index contributed by atoms with van der Waals surface area (Å²) < 4.78 is 5.69. The van der Waals surface area contributed by atoms with E-state index >= 15 is 0 Å². The number of nitrogens with zero attached hydrogens (tertiary/aromatic N) is 4. The zero-order valence-electron chi connectivity index (χ0n) is 15.6. The minimum Gasteiger partial charge on any atom is -0.379 e. The molecule has 2 fully saturated rings. The van der Waals surface area contributed by atoms with Gasteiger partial charge in [-0.1, -0.05) is 30.7 Å². The van der Waals surface area contributed by atoms with Gasteiger partial charge in [0, 0.05) is 39.2 Å². The van der Waals surface area contributed by atoms with E-state index < -0.39 is 0 Å². The van der Waals surface area contributed by atoms with Gasteiger partial charge in [-0.25, -0.2) is 0 Å². The largest absolute Gasteiger partial charge is 0.379 e. The predicted molar refractivity (Wildman–Crippen MR) is 101 cm³/mol. The van der Waals surface area contributed by atoms with Gasteiger partial charge in [0.05, 0.1) is 18.0 Å². The first-order valence-corrected chi connectivity index (χ1v) is 9.73. The van der Waals surface area contributed by atoms with Gasteiger partial charge in [0.25, 0.3) is 0 Å². The third-order valence-electron chi connectivity index (χ3n) is 5.74. The van der Waals surface area contributed by atoms with Gasteiger partial charge in [-0.2, -0.15) is 15.4 Å². The topological polar surface area (TPSA) is 57.3 Å². The molecule has 6 nitrogen and oxygen atoms in total. The van der Waals surface area contributed by atoms with Crippen LogP contribution < -0.4 is 0 Å². The van der Waals surface area contributed by atoms with E-state index in [4.69, 9.17) is 4.74 Å². The molecule has 6 heteroatoms. The van der Waals surface area contributed by atoms with Crippen LogP contribution in [0.1, 0.15) is 42.0 Å². The molecule has 2 aromatic rings. The van der Waals surface area contributed by atoms with Crippen molar-refractivity contribution in [3.63, 3.8) is 0 Å². The van der Waals surface area contributed by atoms with E-state index in [0.29, 0.717) is 0 Å². The molecule has 0 saturated carbocycles. The first kappa shape index (κ1) is 17.6. The highest BCUT2D eigenvalue weighted by molar-refractivity contribution is 5.23. The number of aromatic nitrogens is 3. The molecule has 3 heterocycles. The SMILES string of the molecule is CO[C@@H]1CN(Cc2ccc(CN3CCCCC3)cc2)C[C@H]1c1cn[nH]n1. The Morgan fingerprint density at radius 2 is 1.69 bits per heavy atom. The van der Waals surface area contributed by atoms with Crippen molar-refractivity contribution in [2.75, 3.05) is 33.3 Å². The predicted octanol–water partition coefficient (Wildman–Crippen LogP) is 2.41. The maximum absolute atomic E-state index is 5.69. The van der Waals surface area contributed by atoms with Crippen LogP contribution in [-0.4, -0.2) is 64.6 Å². The number of likely N-dealkylation sites (tertiary alicyclic amines) is 2. The number of ether oxygens (including phenoxy) is 1. The summed E-state index contributed by atoms with van der Waals surface area (Å²) in [7, 11) is 1.79. The number of benzene rings is 1. The normalized spacial score (nSPS) is 25.0. The number of aromatic amines is 1. The van der Waals surface area contributed by atoms with Gasteiger partial charge in [0.1, 0.15) is 0 Å². The summed E-state index contributed by atoms with van der Waals surface area (Å²) in [5.74, 6) is 0.289. The second-order valence-corrected chi connectivity index (χ2v) is 7.62. The van der Waals surface area contributed by atoms with Gasteiger partial charge in [0.2, 0.25) is 0 Å². The van der Waals surface area contributed by atoms with Crippen molar-refractivity contribution < 1.29 is 4.74 Å². The molecule has 0 amide bonds. The molecule has 26 heavy (non-hydrogen) atoms. The number of rotatable bonds is 6. The van der Waals surface area contributed by atoms with Crippen molar-refractivity contribution in [2.24, 2.45) is 0 Å². The number of methoxy groups -OCH3 is 1. The molecule has 140 valence electrons. The van der Waals surface area contributed by atoms with Crippen molar-refractivity contribution >= 4 is 0 Å². The van der Waals surface area contributed by atoms with E-state index in [-0.39, 0.29) is 12.0 Å². The lowest BCUT2D eigenvalue weighted by Gasteiger charge is -2.26. The Kier molecular flexibility index (Phi) is 5.62. The number of nitrogens with one attached hydrogen (secondary N) is 1. The fourth-order valence-electron chi connectivity index (χ4n) is 4.28. The summed E-state index contributed by atoms with van der Waals surface area (Å²) in [6.07, 6.45) is 6.08. The molecule has 0 bridgehead atoms. The Morgan fingerprint density at radius 3 is 2.31 bits per heavy atom. The van der Waals surface area contributed by atoms with E-state index in [9.17, 15) is 0 Å². The van der Waals surface area contributed by atoms with Gasteiger partial charge in [-0.3, -0.25) is 9.80 Å². The van der Waals surface area contributed by atoms with E-state index in [2.05, 4.69) is 49.5 Å². The molecule has 0 spiro atoms. The van der Waals surface area contributed by atoms with Crippen molar-refractivity contribution in [3.8, 4) is 0 Å². The second kappa shape index (κ2) is 8.29. The zero-order chi connectivity index (χ0) is 17.8. The van der Waals surface area contributed by atoms with Crippen LogP contribution in [0.5, 0.6) is 0 Å². The van der Waals surface area contributed by atoms with Gasteiger partial charge in [-0.05, 0) is 37.1 Å². The molecule has 2 saturated heterocycles. The van der Waals surface area contributed by atoms with Crippen LogP contribution in [-0.2, 0) is 17.8 Å². The molecule has 0 radical (unpaired) electrons. The van der Waals surface area contributed by atoms with E-state index in [1.54, 1.807) is 7.11 Å². The highest BCUT2D eigenvalue weighted by Gasteiger charge is 2.35. The molecular formula is C20H29N5O. The van der Waals surface area contributed by atoms with Crippen LogP contribution in [0.2, 0.25) is 0 Å². The summed E-state index contributed by atoms with van der Waals surface area (Å²) in [6.45, 7) is 6.43. The Labute approximate surface area is 155 Å². The standard InChI is InChI=1S/C20H29N5O/c1-26-20-15-25(14-18(20)19-11-21-23-22-19)13-17-7-5-16(6-8-17)12-24-9-3-2-4-10-24/h5-8,11,18,20H,2-4,9-10,12-15H2,1H3,(H,21,22,23)/t18-,20+/m0/s1. The number of H-pyrrole nitrogens is 1. The summed E-state index contributed by atoms with van der Waals surface area (Å²) in [5, 5.41) is 10.9. The monoisotopic (exact) mass is 355 g/mol. The van der Waals surface area contributed by atoms with E-state index in [1.165, 1.54) is 43.5 Å². The van der Waals surface area contributed by atoms with Crippen LogP contribution in [0.25, 0.3) is 0 Å². The van der Waals surface area contributed by atoms with E-state index in [0.717, 1.165) is 31.9 Å². The van der Waals surface area contributed by atoms with Crippen LogP contribution in [0, 0.1) is 0 Å². The Bertz CT molecular complexity index is 666. The summed E-state index contributed by atoms with van der Waals surface area (Å²) in [5.41, 5.74) is 3.78. The third kappa shape index (κ3) is 4.14. The van der Waals surface area contributed by atoms with Crippen molar-refractivity contribution in [2.45, 2.75) is 44.4 Å². The van der Waals surface area contributed by atoms with Crippen LogP contribution in [0.4, 0.5) is 0 Å². The summed E-state index contributed by atoms with van der Waals surface area (Å²) in [6, 6.07) is 9.15. The van der Waals surface area contributed by atoms with E-state index in [1.807, 2.05) is 6.20 Å². The number of hydrogen-bond acceptors (Lipinski definition) is 5. The van der Waals surface area contributed by atoms with Gasteiger partial charge < -0.3 is 4.74 Å².